The van der Waals surface area contributed by atoms with Crippen LogP contribution < -0.4 is 5.32 Å². The highest BCUT2D eigenvalue weighted by molar-refractivity contribution is 6.33. The molecule has 0 aliphatic carbocycles. The van der Waals surface area contributed by atoms with Crippen LogP contribution in [0.15, 0.2) is 30.5 Å². The number of hydrogen-bond donors (Lipinski definition) is 1. The summed E-state index contributed by atoms with van der Waals surface area (Å²) in [5.41, 5.74) is 3.05. The Hall–Kier alpha value is -2.62. The fraction of sp³-hybridized carbons (Fsp3) is 0.350. The van der Waals surface area contributed by atoms with Gasteiger partial charge in [0.15, 0.2) is 5.82 Å². The van der Waals surface area contributed by atoms with Crippen molar-refractivity contribution < 1.29 is 0 Å². The van der Waals surface area contributed by atoms with Gasteiger partial charge in [-0.05, 0) is 50.7 Å². The van der Waals surface area contributed by atoms with Crippen LogP contribution in [0.5, 0.6) is 0 Å². The van der Waals surface area contributed by atoms with E-state index in [1.807, 2.05) is 25.4 Å². The second kappa shape index (κ2) is 7.18. The van der Waals surface area contributed by atoms with Crippen molar-refractivity contribution in [1.82, 2.24) is 19.7 Å². The number of hydrogen-bond acceptors (Lipinski definition) is 5. The first-order chi connectivity index (χ1) is 13.1. The number of likely N-dealkylation sites (tertiary alicyclic amines) is 1. The molecule has 0 saturated carbocycles. The summed E-state index contributed by atoms with van der Waals surface area (Å²) in [5.74, 6) is 0.798. The van der Waals surface area contributed by atoms with Gasteiger partial charge in [0, 0.05) is 36.8 Å². The summed E-state index contributed by atoms with van der Waals surface area (Å²) in [6.45, 7) is 2.14. The largest absolute Gasteiger partial charge is 0.363 e. The van der Waals surface area contributed by atoms with Gasteiger partial charge in [0.2, 0.25) is 0 Å². The van der Waals surface area contributed by atoms with E-state index in [1.54, 1.807) is 12.1 Å². The van der Waals surface area contributed by atoms with Gasteiger partial charge in [-0.2, -0.15) is 5.26 Å². The van der Waals surface area contributed by atoms with Crippen molar-refractivity contribution in [1.29, 1.82) is 5.26 Å². The van der Waals surface area contributed by atoms with Gasteiger partial charge in [0.25, 0.3) is 0 Å². The van der Waals surface area contributed by atoms with Crippen molar-refractivity contribution in [2.75, 3.05) is 25.5 Å². The molecular weight excluding hydrogens is 360 g/mol. The van der Waals surface area contributed by atoms with E-state index in [0.717, 1.165) is 47.5 Å². The number of aromatic nitrogens is 3. The Morgan fingerprint density at radius 3 is 2.85 bits per heavy atom. The first-order valence-corrected chi connectivity index (χ1v) is 9.41. The highest BCUT2D eigenvalue weighted by Gasteiger charge is 2.21. The number of fused-ring (bicyclic) bond motifs is 1. The van der Waals surface area contributed by atoms with E-state index in [-0.39, 0.29) is 0 Å². The Bertz CT molecular complexity index is 1030. The number of aryl methyl sites for hydroxylation is 1. The summed E-state index contributed by atoms with van der Waals surface area (Å²) in [6, 6.07) is 9.75. The van der Waals surface area contributed by atoms with Gasteiger partial charge in [-0.3, -0.25) is 0 Å². The molecule has 0 radical (unpaired) electrons. The van der Waals surface area contributed by atoms with Gasteiger partial charge < -0.3 is 14.8 Å². The van der Waals surface area contributed by atoms with Crippen LogP contribution in [-0.4, -0.2) is 45.8 Å². The summed E-state index contributed by atoms with van der Waals surface area (Å²) >= 11 is 6.41. The molecule has 2 aromatic heterocycles. The summed E-state index contributed by atoms with van der Waals surface area (Å²) in [4.78, 5) is 2.33. The van der Waals surface area contributed by atoms with E-state index in [0.29, 0.717) is 16.6 Å². The molecule has 0 amide bonds. The Balaban J connectivity index is 1.76. The van der Waals surface area contributed by atoms with Crippen molar-refractivity contribution in [3.63, 3.8) is 0 Å². The number of nitrogens with one attached hydrogen (secondary N) is 1. The lowest BCUT2D eigenvalue weighted by molar-refractivity contribution is 0.261. The van der Waals surface area contributed by atoms with Crippen molar-refractivity contribution in [3.8, 4) is 17.3 Å². The fourth-order valence-electron chi connectivity index (χ4n) is 3.77. The topological polar surface area (TPSA) is 69.8 Å². The van der Waals surface area contributed by atoms with E-state index in [9.17, 15) is 0 Å². The van der Waals surface area contributed by atoms with Gasteiger partial charge in [0.1, 0.15) is 5.69 Å². The maximum Gasteiger partial charge on any atom is 0.173 e. The Morgan fingerprint density at radius 2 is 2.11 bits per heavy atom. The number of likely N-dealkylation sites (N-methyl/N-ethyl adjacent to an activating group) is 1. The molecule has 1 aliphatic heterocycles. The third-order valence-electron chi connectivity index (χ3n) is 5.12. The van der Waals surface area contributed by atoms with Gasteiger partial charge in [-0.15, -0.1) is 10.2 Å². The second-order valence-corrected chi connectivity index (χ2v) is 7.55. The van der Waals surface area contributed by atoms with E-state index in [4.69, 9.17) is 16.9 Å². The van der Waals surface area contributed by atoms with Crippen LogP contribution in [0.25, 0.3) is 22.2 Å². The Labute approximate surface area is 163 Å². The van der Waals surface area contributed by atoms with Gasteiger partial charge in [-0.25, -0.2) is 0 Å². The summed E-state index contributed by atoms with van der Waals surface area (Å²) < 4.78 is 2.06. The number of piperidine rings is 1. The molecule has 6 nitrogen and oxygen atoms in total. The standard InChI is InChI=1S/C20H21ClN6/c1-26-8-3-4-14(12-26)23-20-19-16(7-9-27(19)2)18(24-25-20)15-6-5-13(11-22)10-17(15)21/h5-7,9-10,14H,3-4,8,12H2,1-2H3,(H,23,25)/t14-/m1/s1. The molecule has 1 atom stereocenters. The monoisotopic (exact) mass is 380 g/mol. The van der Waals surface area contributed by atoms with Crippen molar-refractivity contribution in [2.45, 2.75) is 18.9 Å². The van der Waals surface area contributed by atoms with Gasteiger partial charge >= 0.3 is 0 Å². The van der Waals surface area contributed by atoms with Crippen molar-refractivity contribution in [2.24, 2.45) is 7.05 Å². The molecule has 1 fully saturated rings. The van der Waals surface area contributed by atoms with Crippen LogP contribution in [0, 0.1) is 11.3 Å². The number of nitrogens with zero attached hydrogens (tertiary/aromatic N) is 5. The predicted octanol–water partition coefficient (Wildman–Crippen LogP) is 3.67. The Kier molecular flexibility index (Phi) is 4.73. The van der Waals surface area contributed by atoms with Crippen LogP contribution in [-0.2, 0) is 7.05 Å². The zero-order chi connectivity index (χ0) is 19.0. The summed E-state index contributed by atoms with van der Waals surface area (Å²) in [5, 5.41) is 23.1. The third kappa shape index (κ3) is 3.36. The third-order valence-corrected chi connectivity index (χ3v) is 5.43. The maximum atomic E-state index is 9.06. The quantitative estimate of drug-likeness (QED) is 0.750. The predicted molar refractivity (Wildman–Crippen MR) is 108 cm³/mol. The molecule has 1 N–H and O–H groups in total. The molecule has 3 aromatic rings. The molecule has 1 aliphatic rings. The molecule has 1 saturated heterocycles. The van der Waals surface area contributed by atoms with Crippen LogP contribution in [0.2, 0.25) is 5.02 Å². The van der Waals surface area contributed by atoms with E-state index in [2.05, 4.69) is 38.1 Å². The molecule has 7 heteroatoms. The first-order valence-electron chi connectivity index (χ1n) is 9.03. The minimum Gasteiger partial charge on any atom is -0.363 e. The molecule has 0 unspecified atom stereocenters. The van der Waals surface area contributed by atoms with Crippen LogP contribution in [0.4, 0.5) is 5.82 Å². The molecule has 138 valence electrons. The lowest BCUT2D eigenvalue weighted by Gasteiger charge is -2.30. The second-order valence-electron chi connectivity index (χ2n) is 7.14. The number of anilines is 1. The van der Waals surface area contributed by atoms with Crippen molar-refractivity contribution in [3.05, 3.63) is 41.0 Å². The highest BCUT2D eigenvalue weighted by atomic mass is 35.5. The zero-order valence-electron chi connectivity index (χ0n) is 15.4. The Morgan fingerprint density at radius 1 is 1.26 bits per heavy atom. The highest BCUT2D eigenvalue weighted by Crippen LogP contribution is 2.35. The SMILES string of the molecule is CN1CCC[C@@H](Nc2nnc(-c3ccc(C#N)cc3Cl)c3ccn(C)c23)C1. The number of benzene rings is 1. The lowest BCUT2D eigenvalue weighted by atomic mass is 10.1. The van der Waals surface area contributed by atoms with E-state index in [1.165, 1.54) is 6.42 Å². The van der Waals surface area contributed by atoms with Gasteiger partial charge in [0.05, 0.1) is 22.2 Å². The fourth-order valence-corrected chi connectivity index (χ4v) is 4.04. The summed E-state index contributed by atoms with van der Waals surface area (Å²) in [7, 11) is 4.15. The van der Waals surface area contributed by atoms with E-state index < -0.39 is 0 Å². The normalized spacial score (nSPS) is 17.8. The molecule has 4 rings (SSSR count). The van der Waals surface area contributed by atoms with Crippen molar-refractivity contribution >= 4 is 28.3 Å². The molecule has 27 heavy (non-hydrogen) atoms. The van der Waals surface area contributed by atoms with E-state index >= 15 is 0 Å². The number of nitriles is 1. The molecule has 1 aromatic carbocycles. The average Bonchev–Trinajstić information content (AvgIpc) is 3.05. The van der Waals surface area contributed by atoms with Crippen LogP contribution in [0.1, 0.15) is 18.4 Å². The van der Waals surface area contributed by atoms with Crippen LogP contribution >= 0.6 is 11.6 Å². The summed E-state index contributed by atoms with van der Waals surface area (Å²) in [6.07, 6.45) is 4.31. The smallest absolute Gasteiger partial charge is 0.173 e. The molecule has 3 heterocycles. The number of rotatable bonds is 3. The zero-order valence-corrected chi connectivity index (χ0v) is 16.2. The first kappa shape index (κ1) is 17.8. The average molecular weight is 381 g/mol. The molecular formula is C20H21ClN6. The molecule has 0 spiro atoms. The van der Waals surface area contributed by atoms with Gasteiger partial charge in [-0.1, -0.05) is 11.6 Å². The molecule has 0 bridgehead atoms. The minimum absolute atomic E-state index is 0.362. The number of halogens is 1. The lowest BCUT2D eigenvalue weighted by Crippen LogP contribution is -2.40. The minimum atomic E-state index is 0.362. The van der Waals surface area contributed by atoms with Crippen LogP contribution in [0.3, 0.4) is 0 Å². The maximum absolute atomic E-state index is 9.06.